The van der Waals surface area contributed by atoms with Crippen LogP contribution in [-0.4, -0.2) is 29.2 Å². The van der Waals surface area contributed by atoms with Crippen LogP contribution in [0.15, 0.2) is 18.2 Å². The number of aliphatic hydroxyl groups excluding tert-OH is 1. The van der Waals surface area contributed by atoms with Gasteiger partial charge in [-0.2, -0.15) is 0 Å². The van der Waals surface area contributed by atoms with Gasteiger partial charge in [0.15, 0.2) is 0 Å². The van der Waals surface area contributed by atoms with Crippen molar-refractivity contribution in [2.24, 2.45) is 0 Å². The highest BCUT2D eigenvalue weighted by molar-refractivity contribution is 5.41. The lowest BCUT2D eigenvalue weighted by Crippen LogP contribution is -2.41. The predicted octanol–water partition coefficient (Wildman–Crippen LogP) is 1.75. The first-order valence-corrected chi connectivity index (χ1v) is 6.09. The quantitative estimate of drug-likeness (QED) is 0.768. The van der Waals surface area contributed by atoms with Crippen molar-refractivity contribution in [3.8, 4) is 0 Å². The minimum absolute atomic E-state index is 0.147. The molecule has 94 valence electrons. The van der Waals surface area contributed by atoms with Crippen LogP contribution in [0.1, 0.15) is 24.8 Å². The molecule has 1 aromatic carbocycles. The Hall–Kier alpha value is -1.13. The lowest BCUT2D eigenvalue weighted by Gasteiger charge is -2.37. The van der Waals surface area contributed by atoms with Gasteiger partial charge in [-0.05, 0) is 30.5 Å². The third kappa shape index (κ3) is 2.96. The van der Waals surface area contributed by atoms with E-state index in [4.69, 9.17) is 10.8 Å². The topological polar surface area (TPSA) is 49.5 Å². The minimum Gasteiger partial charge on any atom is -0.396 e. The molecular weight excluding hydrogens is 219 g/mol. The second-order valence-corrected chi connectivity index (χ2v) is 4.63. The molecule has 17 heavy (non-hydrogen) atoms. The maximum Gasteiger partial charge on any atom is 0.146 e. The summed E-state index contributed by atoms with van der Waals surface area (Å²) in [4.78, 5) is 2.22. The number of rotatable bonds is 5. The van der Waals surface area contributed by atoms with Crippen LogP contribution in [0.2, 0.25) is 0 Å². The maximum absolute atomic E-state index is 13.3. The molecule has 0 atom stereocenters. The van der Waals surface area contributed by atoms with Crippen molar-refractivity contribution in [1.29, 1.82) is 0 Å². The summed E-state index contributed by atoms with van der Waals surface area (Å²) in [6.07, 6.45) is 3.61. The molecule has 3 N–H and O–H groups in total. The van der Waals surface area contributed by atoms with E-state index in [9.17, 15) is 4.39 Å². The fourth-order valence-electron chi connectivity index (χ4n) is 2.17. The highest BCUT2D eigenvalue weighted by Gasteiger charge is 2.24. The van der Waals surface area contributed by atoms with Gasteiger partial charge in [-0.15, -0.1) is 0 Å². The molecule has 0 amide bonds. The van der Waals surface area contributed by atoms with Crippen LogP contribution in [0.25, 0.3) is 0 Å². The second-order valence-electron chi connectivity index (χ2n) is 4.63. The van der Waals surface area contributed by atoms with Gasteiger partial charge in [0.2, 0.25) is 0 Å². The summed E-state index contributed by atoms with van der Waals surface area (Å²) in [5.41, 5.74) is 6.55. The molecular formula is C13H19FN2O. The van der Waals surface area contributed by atoms with Crippen molar-refractivity contribution < 1.29 is 9.50 Å². The second kappa shape index (κ2) is 5.47. The molecule has 0 radical (unpaired) electrons. The molecule has 2 rings (SSSR count). The van der Waals surface area contributed by atoms with E-state index in [0.29, 0.717) is 19.1 Å². The predicted molar refractivity (Wildman–Crippen MR) is 65.9 cm³/mol. The SMILES string of the molecule is Nc1ccc(CN(CCO)C2CCC2)cc1F. The van der Waals surface area contributed by atoms with Gasteiger partial charge >= 0.3 is 0 Å². The lowest BCUT2D eigenvalue weighted by atomic mass is 9.91. The first-order chi connectivity index (χ1) is 8.20. The molecule has 1 aromatic rings. The summed E-state index contributed by atoms with van der Waals surface area (Å²) in [5.74, 6) is -0.361. The summed E-state index contributed by atoms with van der Waals surface area (Å²) in [7, 11) is 0. The fourth-order valence-corrected chi connectivity index (χ4v) is 2.17. The van der Waals surface area contributed by atoms with Crippen LogP contribution in [0.5, 0.6) is 0 Å². The Morgan fingerprint density at radius 2 is 2.18 bits per heavy atom. The summed E-state index contributed by atoms with van der Waals surface area (Å²) < 4.78 is 13.3. The average Bonchev–Trinajstić information content (AvgIpc) is 2.21. The average molecular weight is 238 g/mol. The van der Waals surface area contributed by atoms with Crippen molar-refractivity contribution in [3.63, 3.8) is 0 Å². The molecule has 1 aliphatic rings. The van der Waals surface area contributed by atoms with E-state index < -0.39 is 0 Å². The van der Waals surface area contributed by atoms with E-state index >= 15 is 0 Å². The van der Waals surface area contributed by atoms with E-state index in [1.54, 1.807) is 6.07 Å². The molecule has 0 unspecified atom stereocenters. The van der Waals surface area contributed by atoms with E-state index in [2.05, 4.69) is 4.90 Å². The van der Waals surface area contributed by atoms with E-state index in [0.717, 1.165) is 5.56 Å². The monoisotopic (exact) mass is 238 g/mol. The Labute approximate surface area is 101 Å². The fraction of sp³-hybridized carbons (Fsp3) is 0.538. The van der Waals surface area contributed by atoms with Crippen LogP contribution in [-0.2, 0) is 6.54 Å². The summed E-state index contributed by atoms with van der Waals surface area (Å²) in [6, 6.07) is 5.48. The van der Waals surface area contributed by atoms with Crippen LogP contribution in [0.3, 0.4) is 0 Å². The zero-order chi connectivity index (χ0) is 12.3. The third-order valence-corrected chi connectivity index (χ3v) is 3.43. The number of aliphatic hydroxyl groups is 1. The Morgan fingerprint density at radius 1 is 1.41 bits per heavy atom. The molecule has 3 nitrogen and oxygen atoms in total. The molecule has 0 aliphatic heterocycles. The van der Waals surface area contributed by atoms with Gasteiger partial charge in [-0.25, -0.2) is 4.39 Å². The van der Waals surface area contributed by atoms with Gasteiger partial charge in [-0.3, -0.25) is 4.90 Å². The molecule has 0 heterocycles. The standard InChI is InChI=1S/C13H19FN2O/c14-12-8-10(4-5-13(12)15)9-16(6-7-17)11-2-1-3-11/h4-5,8,11,17H,1-3,6-7,9,15H2. The number of hydrogen-bond donors (Lipinski definition) is 2. The molecule has 0 spiro atoms. The highest BCUT2D eigenvalue weighted by atomic mass is 19.1. The Balaban J connectivity index is 2.02. The van der Waals surface area contributed by atoms with Gasteiger partial charge in [0.05, 0.1) is 12.3 Å². The number of benzene rings is 1. The van der Waals surface area contributed by atoms with Gasteiger partial charge in [-0.1, -0.05) is 12.5 Å². The normalized spacial score (nSPS) is 16.2. The maximum atomic E-state index is 13.3. The van der Waals surface area contributed by atoms with Gasteiger partial charge in [0.1, 0.15) is 5.82 Å². The lowest BCUT2D eigenvalue weighted by molar-refractivity contribution is 0.0945. The zero-order valence-corrected chi connectivity index (χ0v) is 9.90. The van der Waals surface area contributed by atoms with Crippen LogP contribution < -0.4 is 5.73 Å². The van der Waals surface area contributed by atoms with E-state index in [-0.39, 0.29) is 18.1 Å². The molecule has 1 fully saturated rings. The summed E-state index contributed by atoms with van der Waals surface area (Å²) in [5, 5.41) is 9.05. The Bertz CT molecular complexity index is 380. The number of anilines is 1. The largest absolute Gasteiger partial charge is 0.396 e. The van der Waals surface area contributed by atoms with Crippen LogP contribution in [0, 0.1) is 5.82 Å². The van der Waals surface area contributed by atoms with Gasteiger partial charge < -0.3 is 10.8 Å². The Kier molecular flexibility index (Phi) is 3.97. The van der Waals surface area contributed by atoms with Crippen molar-refractivity contribution in [2.75, 3.05) is 18.9 Å². The minimum atomic E-state index is -0.361. The number of hydrogen-bond acceptors (Lipinski definition) is 3. The van der Waals surface area contributed by atoms with E-state index in [1.807, 2.05) is 6.07 Å². The molecule has 0 saturated heterocycles. The van der Waals surface area contributed by atoms with Gasteiger partial charge in [0, 0.05) is 19.1 Å². The third-order valence-electron chi connectivity index (χ3n) is 3.43. The zero-order valence-electron chi connectivity index (χ0n) is 9.90. The number of halogens is 1. The van der Waals surface area contributed by atoms with Crippen molar-refractivity contribution in [1.82, 2.24) is 4.90 Å². The molecule has 1 aliphatic carbocycles. The smallest absolute Gasteiger partial charge is 0.146 e. The number of nitrogens with zero attached hydrogens (tertiary/aromatic N) is 1. The first-order valence-electron chi connectivity index (χ1n) is 6.09. The summed E-state index contributed by atoms with van der Waals surface area (Å²) in [6.45, 7) is 1.48. The number of nitrogen functional groups attached to an aromatic ring is 1. The molecule has 1 saturated carbocycles. The Morgan fingerprint density at radius 3 is 2.71 bits per heavy atom. The number of nitrogens with two attached hydrogens (primary N) is 1. The van der Waals surface area contributed by atoms with Crippen molar-refractivity contribution >= 4 is 5.69 Å². The molecule has 0 bridgehead atoms. The molecule has 4 heteroatoms. The first kappa shape index (κ1) is 12.3. The van der Waals surface area contributed by atoms with Crippen LogP contribution in [0.4, 0.5) is 10.1 Å². The van der Waals surface area contributed by atoms with Gasteiger partial charge in [0.25, 0.3) is 0 Å². The van der Waals surface area contributed by atoms with Crippen molar-refractivity contribution in [2.45, 2.75) is 31.8 Å². The van der Waals surface area contributed by atoms with Crippen molar-refractivity contribution in [3.05, 3.63) is 29.6 Å². The molecule has 0 aromatic heterocycles. The highest BCUT2D eigenvalue weighted by Crippen LogP contribution is 2.26. The summed E-state index contributed by atoms with van der Waals surface area (Å²) >= 11 is 0. The van der Waals surface area contributed by atoms with E-state index in [1.165, 1.54) is 25.3 Å². The van der Waals surface area contributed by atoms with Crippen LogP contribution >= 0.6 is 0 Å².